The average Bonchev–Trinajstić information content (AvgIpc) is 2.73. The Morgan fingerprint density at radius 2 is 1.67 bits per heavy atom. The molecule has 90 valence electrons. The molecule has 0 bridgehead atoms. The van der Waals surface area contributed by atoms with Gasteiger partial charge < -0.3 is 4.98 Å². The van der Waals surface area contributed by atoms with Crippen molar-refractivity contribution in [2.75, 3.05) is 0 Å². The van der Waals surface area contributed by atoms with Crippen molar-refractivity contribution in [3.05, 3.63) is 59.2 Å². The van der Waals surface area contributed by atoms with Crippen molar-refractivity contribution in [1.82, 2.24) is 4.98 Å². The summed E-state index contributed by atoms with van der Waals surface area (Å²) in [4.78, 5) is 3.53. The van der Waals surface area contributed by atoms with Crippen molar-refractivity contribution in [1.29, 1.82) is 0 Å². The zero-order valence-electron chi connectivity index (χ0n) is 11.0. The molecular formula is C17H17N. The lowest BCUT2D eigenvalue weighted by atomic mass is 10.1. The summed E-state index contributed by atoms with van der Waals surface area (Å²) in [5.74, 6) is 0. The van der Waals surface area contributed by atoms with Gasteiger partial charge in [0.2, 0.25) is 0 Å². The average molecular weight is 235 g/mol. The third-order valence-corrected chi connectivity index (χ3v) is 3.40. The maximum atomic E-state index is 3.53. The minimum absolute atomic E-state index is 1.20. The third kappa shape index (κ3) is 1.82. The molecule has 3 aromatic rings. The van der Waals surface area contributed by atoms with Gasteiger partial charge in [0.25, 0.3) is 0 Å². The molecule has 0 radical (unpaired) electrons. The summed E-state index contributed by atoms with van der Waals surface area (Å²) in [5, 5.41) is 1.30. The maximum absolute atomic E-state index is 3.53. The molecule has 1 heterocycles. The number of aryl methyl sites for hydroxylation is 3. The molecular weight excluding hydrogens is 218 g/mol. The molecule has 0 atom stereocenters. The zero-order valence-corrected chi connectivity index (χ0v) is 11.0. The Hall–Kier alpha value is -2.02. The van der Waals surface area contributed by atoms with Crippen LogP contribution in [0.3, 0.4) is 0 Å². The van der Waals surface area contributed by atoms with Gasteiger partial charge in [0.05, 0.1) is 0 Å². The normalized spacial score (nSPS) is 11.1. The highest BCUT2D eigenvalue weighted by Gasteiger charge is 2.06. The van der Waals surface area contributed by atoms with Crippen LogP contribution in [0.2, 0.25) is 0 Å². The summed E-state index contributed by atoms with van der Waals surface area (Å²) in [5.41, 5.74) is 7.61. The Balaban J connectivity index is 2.22. The number of rotatable bonds is 1. The Morgan fingerprint density at radius 1 is 0.833 bits per heavy atom. The highest BCUT2D eigenvalue weighted by molar-refractivity contribution is 5.88. The predicted octanol–water partition coefficient (Wildman–Crippen LogP) is 4.76. The van der Waals surface area contributed by atoms with Crippen LogP contribution in [-0.2, 0) is 0 Å². The van der Waals surface area contributed by atoms with Gasteiger partial charge in [-0.2, -0.15) is 0 Å². The van der Waals surface area contributed by atoms with Gasteiger partial charge in [0, 0.05) is 16.6 Å². The van der Waals surface area contributed by atoms with E-state index in [0.717, 1.165) is 0 Å². The molecule has 0 amide bonds. The second-order valence-electron chi connectivity index (χ2n) is 5.10. The Morgan fingerprint density at radius 3 is 2.44 bits per heavy atom. The summed E-state index contributed by atoms with van der Waals surface area (Å²) < 4.78 is 0. The smallest absolute Gasteiger partial charge is 0.0488 e. The molecule has 1 heteroatoms. The quantitative estimate of drug-likeness (QED) is 0.626. The van der Waals surface area contributed by atoms with Crippen LogP contribution in [0.25, 0.3) is 22.2 Å². The molecule has 0 aliphatic carbocycles. The number of fused-ring (bicyclic) bond motifs is 1. The van der Waals surface area contributed by atoms with E-state index < -0.39 is 0 Å². The van der Waals surface area contributed by atoms with Crippen LogP contribution in [0, 0.1) is 20.8 Å². The molecule has 0 aliphatic rings. The van der Waals surface area contributed by atoms with Gasteiger partial charge in [-0.3, -0.25) is 0 Å². The van der Waals surface area contributed by atoms with Gasteiger partial charge in [-0.05, 0) is 50.1 Å². The molecule has 1 nitrogen and oxygen atoms in total. The van der Waals surface area contributed by atoms with Gasteiger partial charge in [-0.25, -0.2) is 0 Å². The molecule has 1 N–H and O–H groups in total. The molecule has 18 heavy (non-hydrogen) atoms. The maximum Gasteiger partial charge on any atom is 0.0488 e. The van der Waals surface area contributed by atoms with Crippen molar-refractivity contribution in [3.8, 4) is 11.3 Å². The highest BCUT2D eigenvalue weighted by atomic mass is 14.7. The van der Waals surface area contributed by atoms with E-state index in [2.05, 4.69) is 68.2 Å². The second kappa shape index (κ2) is 4.02. The number of hydrogen-bond acceptors (Lipinski definition) is 0. The van der Waals surface area contributed by atoms with E-state index in [0.29, 0.717) is 0 Å². The number of nitrogens with one attached hydrogen (secondary N) is 1. The zero-order chi connectivity index (χ0) is 12.7. The summed E-state index contributed by atoms with van der Waals surface area (Å²) in [6.45, 7) is 6.43. The van der Waals surface area contributed by atoms with Crippen LogP contribution in [0.5, 0.6) is 0 Å². The van der Waals surface area contributed by atoms with E-state index in [1.807, 2.05) is 0 Å². The first-order valence-corrected chi connectivity index (χ1v) is 6.30. The van der Waals surface area contributed by atoms with Crippen LogP contribution in [0.4, 0.5) is 0 Å². The predicted molar refractivity (Wildman–Crippen MR) is 77.9 cm³/mol. The van der Waals surface area contributed by atoms with Crippen molar-refractivity contribution < 1.29 is 0 Å². The lowest BCUT2D eigenvalue weighted by Crippen LogP contribution is -1.80. The number of H-pyrrole nitrogens is 1. The van der Waals surface area contributed by atoms with Gasteiger partial charge in [0.1, 0.15) is 0 Å². The number of benzene rings is 2. The van der Waals surface area contributed by atoms with Gasteiger partial charge in [-0.1, -0.05) is 35.4 Å². The molecule has 3 rings (SSSR count). The number of aromatic nitrogens is 1. The van der Waals surface area contributed by atoms with E-state index in [9.17, 15) is 0 Å². The van der Waals surface area contributed by atoms with Gasteiger partial charge in [0.15, 0.2) is 0 Å². The molecule has 0 saturated carbocycles. The van der Waals surface area contributed by atoms with E-state index in [1.54, 1.807) is 0 Å². The molecule has 0 aliphatic heterocycles. The number of hydrogen-bond donors (Lipinski definition) is 1. The Bertz CT molecular complexity index is 720. The van der Waals surface area contributed by atoms with Crippen LogP contribution in [-0.4, -0.2) is 4.98 Å². The molecule has 0 spiro atoms. The fourth-order valence-corrected chi connectivity index (χ4v) is 2.58. The Kier molecular flexibility index (Phi) is 2.48. The molecule has 0 saturated heterocycles. The van der Waals surface area contributed by atoms with Crippen LogP contribution >= 0.6 is 0 Å². The first kappa shape index (κ1) is 11.1. The topological polar surface area (TPSA) is 15.8 Å². The molecule has 0 unspecified atom stereocenters. The molecule has 1 aromatic heterocycles. The summed E-state index contributed by atoms with van der Waals surface area (Å²) in [6.07, 6.45) is 0. The standard InChI is InChI=1S/C17H17N/c1-11-5-4-6-14(8-11)16-10-15-9-12(2)7-13(3)17(15)18-16/h4-10,18H,1-3H3. The third-order valence-electron chi connectivity index (χ3n) is 3.40. The minimum atomic E-state index is 1.20. The van der Waals surface area contributed by atoms with Crippen LogP contribution < -0.4 is 0 Å². The van der Waals surface area contributed by atoms with Crippen molar-refractivity contribution >= 4 is 10.9 Å². The van der Waals surface area contributed by atoms with Gasteiger partial charge in [-0.15, -0.1) is 0 Å². The molecule has 2 aromatic carbocycles. The summed E-state index contributed by atoms with van der Waals surface area (Å²) >= 11 is 0. The van der Waals surface area contributed by atoms with Crippen LogP contribution in [0.1, 0.15) is 16.7 Å². The fraction of sp³-hybridized carbons (Fsp3) is 0.176. The van der Waals surface area contributed by atoms with Crippen LogP contribution in [0.15, 0.2) is 42.5 Å². The monoisotopic (exact) mass is 235 g/mol. The van der Waals surface area contributed by atoms with Crippen molar-refractivity contribution in [2.45, 2.75) is 20.8 Å². The van der Waals surface area contributed by atoms with E-state index in [1.165, 1.54) is 38.9 Å². The number of aromatic amines is 1. The Labute approximate surface area is 107 Å². The first-order valence-electron chi connectivity index (χ1n) is 6.30. The minimum Gasteiger partial charge on any atom is -0.354 e. The fourth-order valence-electron chi connectivity index (χ4n) is 2.58. The van der Waals surface area contributed by atoms with E-state index in [4.69, 9.17) is 0 Å². The van der Waals surface area contributed by atoms with E-state index in [-0.39, 0.29) is 0 Å². The SMILES string of the molecule is Cc1cccc(-c2cc3cc(C)cc(C)c3[nH]2)c1. The lowest BCUT2D eigenvalue weighted by molar-refractivity contribution is 1.37. The van der Waals surface area contributed by atoms with Crippen molar-refractivity contribution in [3.63, 3.8) is 0 Å². The largest absolute Gasteiger partial charge is 0.354 e. The lowest BCUT2D eigenvalue weighted by Gasteiger charge is -1.99. The van der Waals surface area contributed by atoms with Crippen molar-refractivity contribution in [2.24, 2.45) is 0 Å². The highest BCUT2D eigenvalue weighted by Crippen LogP contribution is 2.27. The van der Waals surface area contributed by atoms with Gasteiger partial charge >= 0.3 is 0 Å². The first-order chi connectivity index (χ1) is 8.63. The molecule has 0 fully saturated rings. The summed E-state index contributed by atoms with van der Waals surface area (Å²) in [7, 11) is 0. The summed E-state index contributed by atoms with van der Waals surface area (Å²) in [6, 6.07) is 15.3. The van der Waals surface area contributed by atoms with E-state index >= 15 is 0 Å². The second-order valence-corrected chi connectivity index (χ2v) is 5.10.